The second-order valence-corrected chi connectivity index (χ2v) is 6.74. The maximum Gasteiger partial charge on any atom is 0.247 e. The number of para-hydroxylation sites is 1. The Morgan fingerprint density at radius 1 is 0.636 bits per heavy atom. The minimum Gasteiger partial charge on any atom is -0.340 e. The number of hydrogen-bond donors (Lipinski definition) is 3. The molecule has 0 fully saturated rings. The number of anilines is 4. The van der Waals surface area contributed by atoms with Crippen molar-refractivity contribution in [3.63, 3.8) is 0 Å². The minimum absolute atomic E-state index is 0.145. The molecule has 0 unspecified atom stereocenters. The van der Waals surface area contributed by atoms with E-state index in [-0.39, 0.29) is 11.8 Å². The van der Waals surface area contributed by atoms with Gasteiger partial charge in [0.05, 0.1) is 12.4 Å². The first-order valence-corrected chi connectivity index (χ1v) is 9.96. The fourth-order valence-corrected chi connectivity index (χ4v) is 2.78. The SMILES string of the molecule is Fc1ccccc1C=NNc1cc(Nc2ccccc2)nc(NN=Cc2ccccc2F)n1. The van der Waals surface area contributed by atoms with E-state index in [0.29, 0.717) is 22.8 Å². The van der Waals surface area contributed by atoms with Crippen molar-refractivity contribution in [2.45, 2.75) is 0 Å². The van der Waals surface area contributed by atoms with E-state index in [1.54, 1.807) is 42.5 Å². The lowest BCUT2D eigenvalue weighted by Gasteiger charge is -2.09. The van der Waals surface area contributed by atoms with Crippen LogP contribution in [0, 0.1) is 11.6 Å². The van der Waals surface area contributed by atoms with Gasteiger partial charge >= 0.3 is 0 Å². The van der Waals surface area contributed by atoms with Crippen LogP contribution in [-0.2, 0) is 0 Å². The third kappa shape index (κ3) is 6.17. The van der Waals surface area contributed by atoms with Crippen LogP contribution in [0.1, 0.15) is 11.1 Å². The minimum atomic E-state index is -0.395. The molecular formula is C24H19F2N7. The summed E-state index contributed by atoms with van der Waals surface area (Å²) in [6.45, 7) is 0. The summed E-state index contributed by atoms with van der Waals surface area (Å²) < 4.78 is 27.6. The van der Waals surface area contributed by atoms with Crippen LogP contribution in [0.5, 0.6) is 0 Å². The Labute approximate surface area is 188 Å². The molecule has 0 aliphatic carbocycles. The zero-order valence-corrected chi connectivity index (χ0v) is 17.3. The van der Waals surface area contributed by atoms with Crippen LogP contribution in [0.2, 0.25) is 0 Å². The molecule has 1 heterocycles. The number of hydrazone groups is 2. The van der Waals surface area contributed by atoms with Crippen molar-refractivity contribution in [1.29, 1.82) is 0 Å². The Kier molecular flexibility index (Phi) is 6.92. The highest BCUT2D eigenvalue weighted by Gasteiger charge is 2.05. The first kappa shape index (κ1) is 21.6. The standard InChI is InChI=1S/C24H19F2N7/c25-20-12-6-4-8-17(20)15-27-32-23-14-22(29-19-10-2-1-3-11-19)30-24(31-23)33-28-16-18-9-5-7-13-21(18)26/h1-16H,(H3,29,30,31,32,33). The van der Waals surface area contributed by atoms with Crippen molar-refractivity contribution in [2.75, 3.05) is 16.2 Å². The highest BCUT2D eigenvalue weighted by atomic mass is 19.1. The van der Waals surface area contributed by atoms with E-state index in [1.165, 1.54) is 24.6 Å². The van der Waals surface area contributed by atoms with Crippen molar-refractivity contribution in [3.05, 3.63) is 108 Å². The number of halogens is 2. The van der Waals surface area contributed by atoms with Crippen LogP contribution in [0.4, 0.5) is 32.1 Å². The van der Waals surface area contributed by atoms with Gasteiger partial charge < -0.3 is 5.32 Å². The normalized spacial score (nSPS) is 11.1. The molecule has 0 aliphatic heterocycles. The van der Waals surface area contributed by atoms with Crippen LogP contribution in [-0.4, -0.2) is 22.4 Å². The van der Waals surface area contributed by atoms with Crippen LogP contribution >= 0.6 is 0 Å². The zero-order valence-electron chi connectivity index (χ0n) is 17.3. The average molecular weight is 443 g/mol. The van der Waals surface area contributed by atoms with Crippen LogP contribution in [0.25, 0.3) is 0 Å². The molecule has 3 N–H and O–H groups in total. The van der Waals surface area contributed by atoms with E-state index in [1.807, 2.05) is 30.3 Å². The maximum absolute atomic E-state index is 13.8. The molecular weight excluding hydrogens is 424 g/mol. The third-order valence-electron chi connectivity index (χ3n) is 4.33. The molecule has 0 radical (unpaired) electrons. The fourth-order valence-electron chi connectivity index (χ4n) is 2.78. The summed E-state index contributed by atoms with van der Waals surface area (Å²) in [6.07, 6.45) is 2.69. The molecule has 164 valence electrons. The van der Waals surface area contributed by atoms with Crippen LogP contribution < -0.4 is 16.2 Å². The van der Waals surface area contributed by atoms with Crippen molar-refractivity contribution in [2.24, 2.45) is 10.2 Å². The summed E-state index contributed by atoms with van der Waals surface area (Å²) in [5.74, 6) is 0.158. The second-order valence-electron chi connectivity index (χ2n) is 6.74. The topological polar surface area (TPSA) is 86.6 Å². The lowest BCUT2D eigenvalue weighted by atomic mass is 10.2. The first-order valence-electron chi connectivity index (χ1n) is 9.96. The lowest BCUT2D eigenvalue weighted by molar-refractivity contribution is 0.625. The average Bonchev–Trinajstić information content (AvgIpc) is 2.82. The molecule has 3 aromatic carbocycles. The molecule has 0 saturated heterocycles. The van der Waals surface area contributed by atoms with Gasteiger partial charge in [0.15, 0.2) is 5.82 Å². The summed E-state index contributed by atoms with van der Waals surface area (Å²) in [5, 5.41) is 11.2. The van der Waals surface area contributed by atoms with Gasteiger partial charge in [0.2, 0.25) is 5.95 Å². The first-order chi connectivity index (χ1) is 16.2. The Bertz CT molecular complexity index is 1200. The molecule has 4 rings (SSSR count). The van der Waals surface area contributed by atoms with Gasteiger partial charge in [-0.15, -0.1) is 0 Å². The third-order valence-corrected chi connectivity index (χ3v) is 4.33. The van der Waals surface area contributed by atoms with Crippen LogP contribution in [0.15, 0.2) is 95.1 Å². The molecule has 0 bridgehead atoms. The molecule has 0 spiro atoms. The van der Waals surface area contributed by atoms with Crippen molar-refractivity contribution in [1.82, 2.24) is 9.97 Å². The molecule has 7 nitrogen and oxygen atoms in total. The van der Waals surface area contributed by atoms with Crippen molar-refractivity contribution in [3.8, 4) is 0 Å². The predicted molar refractivity (Wildman–Crippen MR) is 127 cm³/mol. The van der Waals surface area contributed by atoms with Gasteiger partial charge in [-0.2, -0.15) is 20.2 Å². The van der Waals surface area contributed by atoms with Gasteiger partial charge in [0.25, 0.3) is 0 Å². The molecule has 4 aromatic rings. The van der Waals surface area contributed by atoms with Gasteiger partial charge in [-0.05, 0) is 24.3 Å². The van der Waals surface area contributed by atoms with E-state index in [0.717, 1.165) is 5.69 Å². The van der Waals surface area contributed by atoms with Gasteiger partial charge in [-0.3, -0.25) is 5.43 Å². The maximum atomic E-state index is 13.8. The Balaban J connectivity index is 1.55. The summed E-state index contributed by atoms with van der Waals surface area (Å²) in [6, 6.07) is 23.6. The number of aromatic nitrogens is 2. The second kappa shape index (κ2) is 10.6. The number of nitrogens with one attached hydrogen (secondary N) is 3. The smallest absolute Gasteiger partial charge is 0.247 e. The number of rotatable bonds is 8. The van der Waals surface area contributed by atoms with Gasteiger partial charge in [0.1, 0.15) is 17.5 Å². The Hall–Kier alpha value is -4.66. The summed E-state index contributed by atoms with van der Waals surface area (Å²) in [4.78, 5) is 8.66. The van der Waals surface area contributed by atoms with Crippen molar-refractivity contribution < 1.29 is 8.78 Å². The van der Waals surface area contributed by atoms with E-state index >= 15 is 0 Å². The van der Waals surface area contributed by atoms with Gasteiger partial charge in [-0.25, -0.2) is 14.2 Å². The highest BCUT2D eigenvalue weighted by molar-refractivity contribution is 5.81. The van der Waals surface area contributed by atoms with E-state index in [9.17, 15) is 8.78 Å². The van der Waals surface area contributed by atoms with Gasteiger partial charge in [0, 0.05) is 22.9 Å². The molecule has 0 aliphatic rings. The van der Waals surface area contributed by atoms with Crippen LogP contribution in [0.3, 0.4) is 0 Å². The Morgan fingerprint density at radius 3 is 1.82 bits per heavy atom. The van der Waals surface area contributed by atoms with E-state index < -0.39 is 5.82 Å². The summed E-state index contributed by atoms with van der Waals surface area (Å²) in [7, 11) is 0. The number of hydrogen-bond acceptors (Lipinski definition) is 7. The number of benzene rings is 3. The molecule has 1 aromatic heterocycles. The summed E-state index contributed by atoms with van der Waals surface area (Å²) in [5.41, 5.74) is 6.92. The van der Waals surface area contributed by atoms with Gasteiger partial charge in [-0.1, -0.05) is 54.6 Å². The van der Waals surface area contributed by atoms with E-state index in [4.69, 9.17) is 0 Å². The monoisotopic (exact) mass is 443 g/mol. The summed E-state index contributed by atoms with van der Waals surface area (Å²) >= 11 is 0. The molecule has 0 saturated carbocycles. The largest absolute Gasteiger partial charge is 0.340 e. The highest BCUT2D eigenvalue weighted by Crippen LogP contribution is 2.19. The molecule has 33 heavy (non-hydrogen) atoms. The number of nitrogens with zero attached hydrogens (tertiary/aromatic N) is 4. The molecule has 0 amide bonds. The van der Waals surface area contributed by atoms with Crippen molar-refractivity contribution >= 4 is 35.7 Å². The lowest BCUT2D eigenvalue weighted by Crippen LogP contribution is -2.04. The molecule has 0 atom stereocenters. The zero-order chi connectivity index (χ0) is 22.9. The fraction of sp³-hybridized carbons (Fsp3) is 0. The quantitative estimate of drug-likeness (QED) is 0.251. The predicted octanol–water partition coefficient (Wildman–Crippen LogP) is 5.39. The van der Waals surface area contributed by atoms with E-state index in [2.05, 4.69) is 36.3 Å². The Morgan fingerprint density at radius 2 is 1.18 bits per heavy atom. The molecule has 9 heteroatoms.